The lowest BCUT2D eigenvalue weighted by Gasteiger charge is -2.29. The maximum Gasteiger partial charge on any atom is 0.310 e. The monoisotopic (exact) mass is 186 g/mol. The summed E-state index contributed by atoms with van der Waals surface area (Å²) in [4.78, 5) is 10.9. The van der Waals surface area contributed by atoms with Crippen LogP contribution in [0.25, 0.3) is 0 Å². The maximum absolute atomic E-state index is 10.9. The molecule has 0 aromatic heterocycles. The Morgan fingerprint density at radius 3 is 2.15 bits per heavy atom. The zero-order valence-electron chi connectivity index (χ0n) is 8.61. The molecule has 0 aromatic carbocycles. The Morgan fingerprint density at radius 2 is 1.92 bits per heavy atom. The second-order valence-electron chi connectivity index (χ2n) is 3.79. The molecule has 0 aliphatic heterocycles. The minimum atomic E-state index is -1.27. The fourth-order valence-corrected chi connectivity index (χ4v) is 1.65. The van der Waals surface area contributed by atoms with Crippen molar-refractivity contribution in [1.29, 1.82) is 0 Å². The summed E-state index contributed by atoms with van der Waals surface area (Å²) in [5, 5.41) is 18.8. The molecule has 2 N–H and O–H groups in total. The van der Waals surface area contributed by atoms with Crippen molar-refractivity contribution >= 4 is 5.97 Å². The van der Waals surface area contributed by atoms with Gasteiger partial charge in [0.1, 0.15) is 0 Å². The molecule has 2 atom stereocenters. The molecule has 0 rings (SSSR count). The van der Waals surface area contributed by atoms with Crippen LogP contribution in [-0.2, 0) is 4.79 Å². The lowest BCUT2D eigenvalue weighted by Crippen LogP contribution is -2.41. The summed E-state index contributed by atoms with van der Waals surface area (Å²) < 4.78 is 0. The lowest BCUT2D eigenvalue weighted by molar-refractivity contribution is -0.150. The summed E-state index contributed by atoms with van der Waals surface area (Å²) in [5.41, 5.74) is -1.27. The molecule has 0 heterocycles. The Hall–Kier alpha value is -0.830. The molecule has 3 heteroatoms. The van der Waals surface area contributed by atoms with Gasteiger partial charge in [-0.3, -0.25) is 4.79 Å². The van der Waals surface area contributed by atoms with Crippen molar-refractivity contribution in [2.75, 3.05) is 0 Å². The van der Waals surface area contributed by atoms with E-state index in [9.17, 15) is 9.90 Å². The van der Waals surface area contributed by atoms with E-state index >= 15 is 0 Å². The number of aliphatic hydroxyl groups is 1. The van der Waals surface area contributed by atoms with Crippen LogP contribution in [0.1, 0.15) is 27.7 Å². The van der Waals surface area contributed by atoms with Crippen LogP contribution >= 0.6 is 0 Å². The Morgan fingerprint density at radius 1 is 1.46 bits per heavy atom. The number of carbonyl (C=O) groups is 1. The lowest BCUT2D eigenvalue weighted by atomic mass is 9.80. The number of rotatable bonds is 4. The van der Waals surface area contributed by atoms with Gasteiger partial charge in [0.05, 0.1) is 11.5 Å². The Kier molecular flexibility index (Phi) is 4.14. The van der Waals surface area contributed by atoms with Crippen LogP contribution in [0, 0.1) is 11.8 Å². The van der Waals surface area contributed by atoms with E-state index < -0.39 is 17.5 Å². The molecule has 13 heavy (non-hydrogen) atoms. The minimum Gasteiger partial charge on any atom is -0.481 e. The van der Waals surface area contributed by atoms with E-state index in [0.29, 0.717) is 0 Å². The number of allylic oxidation sites excluding steroid dienone is 1. The minimum absolute atomic E-state index is 0.0938. The fourth-order valence-electron chi connectivity index (χ4n) is 1.65. The number of hydrogen-bond acceptors (Lipinski definition) is 2. The van der Waals surface area contributed by atoms with Gasteiger partial charge in [0.15, 0.2) is 0 Å². The molecule has 0 aromatic rings. The van der Waals surface area contributed by atoms with Gasteiger partial charge in [-0.2, -0.15) is 0 Å². The molecule has 0 amide bonds. The van der Waals surface area contributed by atoms with Crippen molar-refractivity contribution in [3.63, 3.8) is 0 Å². The highest BCUT2D eigenvalue weighted by Crippen LogP contribution is 2.26. The smallest absolute Gasteiger partial charge is 0.310 e. The van der Waals surface area contributed by atoms with E-state index in [-0.39, 0.29) is 5.92 Å². The molecule has 0 bridgehead atoms. The molecular weight excluding hydrogens is 168 g/mol. The van der Waals surface area contributed by atoms with Crippen molar-refractivity contribution in [2.45, 2.75) is 33.3 Å². The Labute approximate surface area is 79.1 Å². The second kappa shape index (κ2) is 4.42. The number of hydrogen-bond donors (Lipinski definition) is 2. The summed E-state index contributed by atoms with van der Waals surface area (Å²) in [7, 11) is 0. The molecule has 76 valence electrons. The average Bonchev–Trinajstić information content (AvgIpc) is 1.82. The van der Waals surface area contributed by atoms with Gasteiger partial charge in [-0.1, -0.05) is 26.0 Å². The highest BCUT2D eigenvalue weighted by molar-refractivity contribution is 5.72. The SMILES string of the molecule is CC=CC(C)(O)C(C(=O)O)C(C)C. The topological polar surface area (TPSA) is 57.5 Å². The summed E-state index contributed by atoms with van der Waals surface area (Å²) in [6.07, 6.45) is 3.18. The molecule has 0 saturated heterocycles. The zero-order chi connectivity index (χ0) is 10.6. The third-order valence-corrected chi connectivity index (χ3v) is 2.07. The normalized spacial score (nSPS) is 18.9. The first-order valence-electron chi connectivity index (χ1n) is 4.42. The molecule has 0 aliphatic rings. The van der Waals surface area contributed by atoms with Crippen LogP contribution in [0.15, 0.2) is 12.2 Å². The predicted molar refractivity (Wildman–Crippen MR) is 51.4 cm³/mol. The largest absolute Gasteiger partial charge is 0.481 e. The molecule has 2 unspecified atom stereocenters. The molecule has 0 saturated carbocycles. The van der Waals surface area contributed by atoms with Gasteiger partial charge in [-0.15, -0.1) is 0 Å². The number of carboxylic acids is 1. The third kappa shape index (κ3) is 3.19. The molecular formula is C10H18O3. The number of carboxylic acid groups (broad SMARTS) is 1. The molecule has 0 fully saturated rings. The summed E-state index contributed by atoms with van der Waals surface area (Å²) in [6, 6.07) is 0. The third-order valence-electron chi connectivity index (χ3n) is 2.07. The number of aliphatic carboxylic acids is 1. The first-order valence-corrected chi connectivity index (χ1v) is 4.42. The van der Waals surface area contributed by atoms with Gasteiger partial charge in [0, 0.05) is 0 Å². The van der Waals surface area contributed by atoms with Gasteiger partial charge < -0.3 is 10.2 Å². The van der Waals surface area contributed by atoms with Crippen molar-refractivity contribution in [3.8, 4) is 0 Å². The van der Waals surface area contributed by atoms with E-state index in [4.69, 9.17) is 5.11 Å². The summed E-state index contributed by atoms with van der Waals surface area (Å²) in [5.74, 6) is -1.81. The van der Waals surface area contributed by atoms with Crippen molar-refractivity contribution < 1.29 is 15.0 Å². The molecule has 3 nitrogen and oxygen atoms in total. The van der Waals surface area contributed by atoms with E-state index in [1.165, 1.54) is 13.0 Å². The second-order valence-corrected chi connectivity index (χ2v) is 3.79. The highest BCUT2D eigenvalue weighted by atomic mass is 16.4. The predicted octanol–water partition coefficient (Wildman–Crippen LogP) is 1.67. The van der Waals surface area contributed by atoms with Gasteiger partial charge in [0.25, 0.3) is 0 Å². The zero-order valence-corrected chi connectivity index (χ0v) is 8.61. The van der Waals surface area contributed by atoms with Crippen LogP contribution in [0.5, 0.6) is 0 Å². The van der Waals surface area contributed by atoms with Crippen molar-refractivity contribution in [2.24, 2.45) is 11.8 Å². The summed E-state index contributed by atoms with van der Waals surface area (Å²) >= 11 is 0. The van der Waals surface area contributed by atoms with Gasteiger partial charge in [-0.05, 0) is 19.8 Å². The fraction of sp³-hybridized carbons (Fsp3) is 0.700. The van der Waals surface area contributed by atoms with Crippen LogP contribution < -0.4 is 0 Å². The summed E-state index contributed by atoms with van der Waals surface area (Å²) in [6.45, 7) is 6.85. The maximum atomic E-state index is 10.9. The van der Waals surface area contributed by atoms with Crippen molar-refractivity contribution in [3.05, 3.63) is 12.2 Å². The average molecular weight is 186 g/mol. The van der Waals surface area contributed by atoms with E-state index in [0.717, 1.165) is 0 Å². The van der Waals surface area contributed by atoms with E-state index in [2.05, 4.69) is 0 Å². The Bertz CT molecular complexity index is 204. The van der Waals surface area contributed by atoms with Gasteiger partial charge in [-0.25, -0.2) is 0 Å². The molecule has 0 aliphatic carbocycles. The van der Waals surface area contributed by atoms with Crippen molar-refractivity contribution in [1.82, 2.24) is 0 Å². The standard InChI is InChI=1S/C10H18O3/c1-5-6-10(4,13)8(7(2)3)9(11)12/h5-8,13H,1-4H3,(H,11,12). The van der Waals surface area contributed by atoms with E-state index in [1.807, 2.05) is 0 Å². The van der Waals surface area contributed by atoms with Gasteiger partial charge >= 0.3 is 5.97 Å². The molecule has 0 spiro atoms. The first kappa shape index (κ1) is 12.2. The van der Waals surface area contributed by atoms with Crippen LogP contribution in [0.2, 0.25) is 0 Å². The van der Waals surface area contributed by atoms with Crippen LogP contribution in [-0.4, -0.2) is 21.8 Å². The Balaban J connectivity index is 4.83. The van der Waals surface area contributed by atoms with E-state index in [1.54, 1.807) is 26.8 Å². The van der Waals surface area contributed by atoms with Gasteiger partial charge in [0.2, 0.25) is 0 Å². The molecule has 0 radical (unpaired) electrons. The van der Waals surface area contributed by atoms with Crippen LogP contribution in [0.3, 0.4) is 0 Å². The quantitative estimate of drug-likeness (QED) is 0.656. The van der Waals surface area contributed by atoms with Crippen LogP contribution in [0.4, 0.5) is 0 Å². The first-order chi connectivity index (χ1) is 5.83. The highest BCUT2D eigenvalue weighted by Gasteiger charge is 2.37.